The van der Waals surface area contributed by atoms with Crippen LogP contribution in [0.25, 0.3) is 5.69 Å². The summed E-state index contributed by atoms with van der Waals surface area (Å²) in [4.78, 5) is 4.67. The molecule has 2 aromatic rings. The summed E-state index contributed by atoms with van der Waals surface area (Å²) in [6.45, 7) is 6.85. The molecule has 0 bridgehead atoms. The molecule has 0 radical (unpaired) electrons. The van der Waals surface area contributed by atoms with E-state index in [1.165, 1.54) is 17.1 Å². The van der Waals surface area contributed by atoms with Crippen LogP contribution in [0.2, 0.25) is 0 Å². The standard InChI is InChI=1S/C16H21N3O/c1-3-10-20-14-6-4-13(5-7-14)19-12(2)18-15-11-17-9-8-16(15)19/h4-7,17H,3,8-11H2,1-2H3. The number of hydrogen-bond donors (Lipinski definition) is 1. The molecule has 0 aliphatic carbocycles. The first-order chi connectivity index (χ1) is 9.79. The Kier molecular flexibility index (Phi) is 3.74. The smallest absolute Gasteiger partial charge is 0.119 e. The van der Waals surface area contributed by atoms with E-state index in [1.54, 1.807) is 0 Å². The van der Waals surface area contributed by atoms with Crippen LogP contribution in [0, 0.1) is 6.92 Å². The number of imidazole rings is 1. The maximum absolute atomic E-state index is 5.64. The number of aryl methyl sites for hydroxylation is 1. The Morgan fingerprint density at radius 3 is 2.85 bits per heavy atom. The van der Waals surface area contributed by atoms with Gasteiger partial charge in [0.2, 0.25) is 0 Å². The first kappa shape index (κ1) is 13.2. The van der Waals surface area contributed by atoms with Gasteiger partial charge in [0, 0.05) is 30.9 Å². The molecular formula is C16H21N3O. The first-order valence-electron chi connectivity index (χ1n) is 7.30. The van der Waals surface area contributed by atoms with Crippen molar-refractivity contribution in [2.24, 2.45) is 0 Å². The summed E-state index contributed by atoms with van der Waals surface area (Å²) in [5.41, 5.74) is 3.69. The number of nitrogens with zero attached hydrogens (tertiary/aromatic N) is 2. The predicted octanol–water partition coefficient (Wildman–Crippen LogP) is 2.62. The maximum Gasteiger partial charge on any atom is 0.119 e. The summed E-state index contributed by atoms with van der Waals surface area (Å²) >= 11 is 0. The van der Waals surface area contributed by atoms with E-state index in [1.807, 2.05) is 12.1 Å². The van der Waals surface area contributed by atoms with Crippen LogP contribution in [-0.4, -0.2) is 22.7 Å². The van der Waals surface area contributed by atoms with Crippen LogP contribution in [0.4, 0.5) is 0 Å². The summed E-state index contributed by atoms with van der Waals surface area (Å²) in [7, 11) is 0. The fourth-order valence-corrected chi connectivity index (χ4v) is 2.70. The van der Waals surface area contributed by atoms with Crippen molar-refractivity contribution >= 4 is 0 Å². The highest BCUT2D eigenvalue weighted by Crippen LogP contribution is 2.23. The van der Waals surface area contributed by atoms with Crippen molar-refractivity contribution in [3.63, 3.8) is 0 Å². The molecule has 0 atom stereocenters. The summed E-state index contributed by atoms with van der Waals surface area (Å²) in [5, 5.41) is 3.37. The van der Waals surface area contributed by atoms with E-state index in [9.17, 15) is 0 Å². The molecule has 1 aliphatic rings. The van der Waals surface area contributed by atoms with E-state index < -0.39 is 0 Å². The summed E-state index contributed by atoms with van der Waals surface area (Å²) in [6, 6.07) is 8.31. The molecule has 0 spiro atoms. The molecule has 4 nitrogen and oxygen atoms in total. The minimum absolute atomic E-state index is 0.768. The van der Waals surface area contributed by atoms with Crippen molar-refractivity contribution in [3.05, 3.63) is 41.5 Å². The molecule has 0 saturated carbocycles. The largest absolute Gasteiger partial charge is 0.494 e. The highest BCUT2D eigenvalue weighted by Gasteiger charge is 2.18. The molecule has 1 aliphatic heterocycles. The molecule has 1 N–H and O–H groups in total. The molecule has 0 saturated heterocycles. The van der Waals surface area contributed by atoms with Crippen LogP contribution in [0.15, 0.2) is 24.3 Å². The van der Waals surface area contributed by atoms with E-state index in [0.717, 1.165) is 44.1 Å². The molecule has 0 amide bonds. The summed E-state index contributed by atoms with van der Waals surface area (Å²) in [6.07, 6.45) is 2.06. The van der Waals surface area contributed by atoms with E-state index in [0.29, 0.717) is 0 Å². The highest BCUT2D eigenvalue weighted by molar-refractivity contribution is 5.41. The monoisotopic (exact) mass is 271 g/mol. The third kappa shape index (κ3) is 2.43. The van der Waals surface area contributed by atoms with Gasteiger partial charge < -0.3 is 14.6 Å². The van der Waals surface area contributed by atoms with Crippen molar-refractivity contribution < 1.29 is 4.74 Å². The molecule has 1 aromatic carbocycles. The Morgan fingerprint density at radius 2 is 2.10 bits per heavy atom. The van der Waals surface area contributed by atoms with Crippen molar-refractivity contribution in [1.29, 1.82) is 0 Å². The molecule has 20 heavy (non-hydrogen) atoms. The van der Waals surface area contributed by atoms with Crippen LogP contribution in [0.1, 0.15) is 30.6 Å². The normalized spacial score (nSPS) is 14.1. The zero-order chi connectivity index (χ0) is 13.9. The zero-order valence-electron chi connectivity index (χ0n) is 12.1. The molecule has 2 heterocycles. The SMILES string of the molecule is CCCOc1ccc(-n2c(C)nc3c2CCNC3)cc1. The Balaban J connectivity index is 1.91. The average Bonchev–Trinajstić information content (AvgIpc) is 2.81. The Bertz CT molecular complexity index is 587. The van der Waals surface area contributed by atoms with Gasteiger partial charge in [-0.3, -0.25) is 0 Å². The lowest BCUT2D eigenvalue weighted by molar-refractivity contribution is 0.317. The topological polar surface area (TPSA) is 39.1 Å². The molecule has 1 aromatic heterocycles. The minimum atomic E-state index is 0.768. The van der Waals surface area contributed by atoms with Gasteiger partial charge in [-0.15, -0.1) is 0 Å². The van der Waals surface area contributed by atoms with E-state index in [2.05, 4.69) is 40.8 Å². The van der Waals surface area contributed by atoms with Gasteiger partial charge >= 0.3 is 0 Å². The average molecular weight is 271 g/mol. The van der Waals surface area contributed by atoms with Gasteiger partial charge in [-0.2, -0.15) is 0 Å². The Hall–Kier alpha value is -1.81. The maximum atomic E-state index is 5.64. The number of aromatic nitrogens is 2. The van der Waals surface area contributed by atoms with Crippen LogP contribution in [0.5, 0.6) is 5.75 Å². The van der Waals surface area contributed by atoms with Gasteiger partial charge in [-0.25, -0.2) is 4.98 Å². The molecule has 4 heteroatoms. The lowest BCUT2D eigenvalue weighted by Gasteiger charge is -2.16. The molecule has 3 rings (SSSR count). The fraction of sp³-hybridized carbons (Fsp3) is 0.438. The Morgan fingerprint density at radius 1 is 1.30 bits per heavy atom. The minimum Gasteiger partial charge on any atom is -0.494 e. The van der Waals surface area contributed by atoms with Gasteiger partial charge in [0.25, 0.3) is 0 Å². The third-order valence-electron chi connectivity index (χ3n) is 3.62. The van der Waals surface area contributed by atoms with E-state index in [-0.39, 0.29) is 0 Å². The number of rotatable bonds is 4. The van der Waals surface area contributed by atoms with Crippen molar-refractivity contribution in [2.75, 3.05) is 13.2 Å². The molecular weight excluding hydrogens is 250 g/mol. The zero-order valence-corrected chi connectivity index (χ0v) is 12.1. The number of benzene rings is 1. The third-order valence-corrected chi connectivity index (χ3v) is 3.62. The van der Waals surface area contributed by atoms with Crippen molar-refractivity contribution in [1.82, 2.24) is 14.9 Å². The molecule has 106 valence electrons. The van der Waals surface area contributed by atoms with Gasteiger partial charge in [0.05, 0.1) is 12.3 Å². The quantitative estimate of drug-likeness (QED) is 0.929. The van der Waals surface area contributed by atoms with Crippen molar-refractivity contribution in [3.8, 4) is 11.4 Å². The predicted molar refractivity (Wildman–Crippen MR) is 79.5 cm³/mol. The van der Waals surface area contributed by atoms with Crippen molar-refractivity contribution in [2.45, 2.75) is 33.2 Å². The first-order valence-corrected chi connectivity index (χ1v) is 7.30. The second kappa shape index (κ2) is 5.67. The second-order valence-electron chi connectivity index (χ2n) is 5.16. The van der Waals surface area contributed by atoms with Crippen LogP contribution in [-0.2, 0) is 13.0 Å². The summed E-state index contributed by atoms with van der Waals surface area (Å²) < 4.78 is 7.90. The molecule has 0 unspecified atom stereocenters. The van der Waals surface area contributed by atoms with Gasteiger partial charge in [0.1, 0.15) is 11.6 Å². The number of nitrogens with one attached hydrogen (secondary N) is 1. The lowest BCUT2D eigenvalue weighted by atomic mass is 10.1. The summed E-state index contributed by atoms with van der Waals surface area (Å²) in [5.74, 6) is 1.99. The van der Waals surface area contributed by atoms with E-state index in [4.69, 9.17) is 4.74 Å². The van der Waals surface area contributed by atoms with Gasteiger partial charge in [0.15, 0.2) is 0 Å². The fourth-order valence-electron chi connectivity index (χ4n) is 2.70. The van der Waals surface area contributed by atoms with Gasteiger partial charge in [-0.05, 0) is 37.6 Å². The number of fused-ring (bicyclic) bond motifs is 1. The second-order valence-corrected chi connectivity index (χ2v) is 5.16. The highest BCUT2D eigenvalue weighted by atomic mass is 16.5. The van der Waals surface area contributed by atoms with E-state index >= 15 is 0 Å². The van der Waals surface area contributed by atoms with Gasteiger partial charge in [-0.1, -0.05) is 6.92 Å². The Labute approximate surface area is 119 Å². The van der Waals surface area contributed by atoms with Crippen LogP contribution >= 0.6 is 0 Å². The van der Waals surface area contributed by atoms with Crippen LogP contribution < -0.4 is 10.1 Å². The van der Waals surface area contributed by atoms with Crippen LogP contribution in [0.3, 0.4) is 0 Å². The lowest BCUT2D eigenvalue weighted by Crippen LogP contribution is -2.24. The number of hydrogen-bond acceptors (Lipinski definition) is 3. The number of ether oxygens (including phenoxy) is 1. The molecule has 0 fully saturated rings.